The van der Waals surface area contributed by atoms with Gasteiger partial charge in [-0.2, -0.15) is 0 Å². The van der Waals surface area contributed by atoms with Crippen LogP contribution in [-0.2, 0) is 19.4 Å². The van der Waals surface area contributed by atoms with Crippen LogP contribution in [0.25, 0.3) is 11.0 Å². The maximum absolute atomic E-state index is 4.72. The Balaban J connectivity index is 0.00000300. The van der Waals surface area contributed by atoms with Crippen LogP contribution in [0.15, 0.2) is 34.6 Å². The molecule has 3 aromatic rings. The van der Waals surface area contributed by atoms with Crippen molar-refractivity contribution in [2.24, 2.45) is 4.99 Å². The zero-order valence-corrected chi connectivity index (χ0v) is 20.6. The number of guanidine groups is 1. The normalized spacial score (nSPS) is 11.5. The molecule has 0 saturated carbocycles. The minimum absolute atomic E-state index is 0. The number of halogens is 1. The number of thiazole rings is 1. The van der Waals surface area contributed by atoms with Gasteiger partial charge in [0.1, 0.15) is 5.82 Å². The summed E-state index contributed by atoms with van der Waals surface area (Å²) >= 11 is 1.74. The number of hydrogen-bond donors (Lipinski definition) is 2. The first-order valence-corrected chi connectivity index (χ1v) is 11.0. The first-order valence-electron chi connectivity index (χ1n) is 10.1. The fraction of sp³-hybridized carbons (Fsp3) is 0.476. The van der Waals surface area contributed by atoms with Crippen LogP contribution >= 0.6 is 35.3 Å². The summed E-state index contributed by atoms with van der Waals surface area (Å²) in [6, 6.07) is 8.30. The number of aromatic nitrogens is 3. The fourth-order valence-electron chi connectivity index (χ4n) is 3.17. The molecule has 2 N–H and O–H groups in total. The van der Waals surface area contributed by atoms with Crippen LogP contribution in [0, 0.1) is 6.92 Å². The zero-order chi connectivity index (χ0) is 19.8. The van der Waals surface area contributed by atoms with Gasteiger partial charge in [0.25, 0.3) is 0 Å². The topological polar surface area (TPSA) is 67.1 Å². The minimum Gasteiger partial charge on any atom is -0.357 e. The highest BCUT2D eigenvalue weighted by Gasteiger charge is 2.06. The molecule has 0 aliphatic rings. The van der Waals surface area contributed by atoms with Crippen molar-refractivity contribution in [1.82, 2.24) is 25.2 Å². The van der Waals surface area contributed by atoms with Crippen LogP contribution in [0.4, 0.5) is 0 Å². The van der Waals surface area contributed by atoms with Crippen molar-refractivity contribution in [3.8, 4) is 0 Å². The van der Waals surface area contributed by atoms with Crippen LogP contribution in [0.1, 0.15) is 36.8 Å². The molecule has 0 fully saturated rings. The summed E-state index contributed by atoms with van der Waals surface area (Å²) in [6.07, 6.45) is 2.90. The molecule has 1 aromatic carbocycles. The first-order chi connectivity index (χ1) is 13.7. The fourth-order valence-corrected chi connectivity index (χ4v) is 3.95. The summed E-state index contributed by atoms with van der Waals surface area (Å²) in [4.78, 5) is 14.0. The highest BCUT2D eigenvalue weighted by Crippen LogP contribution is 2.15. The average molecular weight is 526 g/mol. The highest BCUT2D eigenvalue weighted by atomic mass is 127. The van der Waals surface area contributed by atoms with Crippen molar-refractivity contribution in [1.29, 1.82) is 0 Å². The van der Waals surface area contributed by atoms with Gasteiger partial charge in [0, 0.05) is 38.0 Å². The Morgan fingerprint density at radius 3 is 2.76 bits per heavy atom. The van der Waals surface area contributed by atoms with Crippen LogP contribution < -0.4 is 10.6 Å². The van der Waals surface area contributed by atoms with E-state index >= 15 is 0 Å². The third kappa shape index (κ3) is 6.67. The number of benzene rings is 1. The number of para-hydroxylation sites is 2. The Morgan fingerprint density at radius 2 is 2.00 bits per heavy atom. The van der Waals surface area contributed by atoms with Crippen LogP contribution in [0.5, 0.6) is 0 Å². The molecule has 8 heteroatoms. The molecule has 6 nitrogen and oxygen atoms in total. The molecule has 0 saturated heterocycles. The van der Waals surface area contributed by atoms with E-state index in [1.807, 2.05) is 6.07 Å². The van der Waals surface area contributed by atoms with Crippen molar-refractivity contribution in [3.05, 3.63) is 46.2 Å². The maximum Gasteiger partial charge on any atom is 0.191 e. The van der Waals surface area contributed by atoms with E-state index in [2.05, 4.69) is 69.5 Å². The van der Waals surface area contributed by atoms with Crippen molar-refractivity contribution >= 4 is 52.3 Å². The summed E-state index contributed by atoms with van der Waals surface area (Å²) in [5.41, 5.74) is 3.42. The van der Waals surface area contributed by atoms with Gasteiger partial charge in [0.15, 0.2) is 5.96 Å². The number of imidazole rings is 1. The number of hydrogen-bond acceptors (Lipinski definition) is 4. The molecule has 29 heavy (non-hydrogen) atoms. The smallest absolute Gasteiger partial charge is 0.191 e. The number of nitrogens with zero attached hydrogens (tertiary/aromatic N) is 4. The van der Waals surface area contributed by atoms with Gasteiger partial charge in [-0.25, -0.2) is 9.97 Å². The van der Waals surface area contributed by atoms with E-state index in [9.17, 15) is 0 Å². The molecule has 0 atom stereocenters. The quantitative estimate of drug-likeness (QED) is 0.190. The molecule has 0 aliphatic heterocycles. The second-order valence-electron chi connectivity index (χ2n) is 6.68. The van der Waals surface area contributed by atoms with E-state index < -0.39 is 0 Å². The van der Waals surface area contributed by atoms with E-state index in [4.69, 9.17) is 4.99 Å². The van der Waals surface area contributed by atoms with Gasteiger partial charge in [-0.15, -0.1) is 35.3 Å². The molecule has 2 heterocycles. The second-order valence-corrected chi connectivity index (χ2v) is 7.62. The van der Waals surface area contributed by atoms with Crippen molar-refractivity contribution in [2.75, 3.05) is 19.6 Å². The number of rotatable bonds is 9. The van der Waals surface area contributed by atoms with Crippen molar-refractivity contribution in [2.45, 2.75) is 46.6 Å². The molecule has 0 radical (unpaired) electrons. The van der Waals surface area contributed by atoms with E-state index in [1.54, 1.807) is 11.3 Å². The predicted octanol–water partition coefficient (Wildman–Crippen LogP) is 4.17. The van der Waals surface area contributed by atoms with Crippen molar-refractivity contribution < 1.29 is 0 Å². The molecule has 0 bridgehead atoms. The molecular formula is C21H31IN6S. The Morgan fingerprint density at radius 1 is 1.17 bits per heavy atom. The summed E-state index contributed by atoms with van der Waals surface area (Å²) in [6.45, 7) is 9.69. The second kappa shape index (κ2) is 12.1. The SMILES string of the molecule is CCNC(=NCCCn1c(C)nc2ccccc21)NCCc1csc(CC)n1.I. The third-order valence-corrected chi connectivity index (χ3v) is 5.62. The maximum atomic E-state index is 4.72. The number of aryl methyl sites for hydroxylation is 3. The summed E-state index contributed by atoms with van der Waals surface area (Å²) < 4.78 is 2.28. The lowest BCUT2D eigenvalue weighted by atomic mass is 10.3. The average Bonchev–Trinajstić information content (AvgIpc) is 3.29. The Hall–Kier alpha value is -1.68. The third-order valence-electron chi connectivity index (χ3n) is 4.57. The number of nitrogens with one attached hydrogen (secondary N) is 2. The van der Waals surface area contributed by atoms with Gasteiger partial charge in [0.05, 0.1) is 21.7 Å². The van der Waals surface area contributed by atoms with E-state index in [0.29, 0.717) is 0 Å². The van der Waals surface area contributed by atoms with Gasteiger partial charge in [-0.3, -0.25) is 4.99 Å². The highest BCUT2D eigenvalue weighted by molar-refractivity contribution is 14.0. The minimum atomic E-state index is 0. The summed E-state index contributed by atoms with van der Waals surface area (Å²) in [5.74, 6) is 1.94. The monoisotopic (exact) mass is 526 g/mol. The van der Waals surface area contributed by atoms with E-state index in [1.165, 1.54) is 10.5 Å². The Labute approximate surface area is 194 Å². The largest absolute Gasteiger partial charge is 0.357 e. The summed E-state index contributed by atoms with van der Waals surface area (Å²) in [5, 5.41) is 10.1. The molecule has 0 unspecified atom stereocenters. The standard InChI is InChI=1S/C21H30N6S.HI/c1-4-20-26-17(15-28-20)11-13-24-21(22-5-2)23-12-8-14-27-16(3)25-18-9-6-7-10-19(18)27;/h6-7,9-10,15H,4-5,8,11-14H2,1-3H3,(H2,22,23,24);1H. The Bertz CT molecular complexity index is 917. The van der Waals surface area contributed by atoms with Gasteiger partial charge in [-0.1, -0.05) is 19.1 Å². The zero-order valence-electron chi connectivity index (χ0n) is 17.4. The molecule has 3 rings (SSSR count). The van der Waals surface area contributed by atoms with Gasteiger partial charge in [-0.05, 0) is 38.8 Å². The van der Waals surface area contributed by atoms with Crippen molar-refractivity contribution in [3.63, 3.8) is 0 Å². The van der Waals surface area contributed by atoms with Crippen LogP contribution in [-0.4, -0.2) is 40.1 Å². The molecule has 158 valence electrons. The summed E-state index contributed by atoms with van der Waals surface area (Å²) in [7, 11) is 0. The molecule has 0 amide bonds. The van der Waals surface area contributed by atoms with Gasteiger partial charge >= 0.3 is 0 Å². The Kier molecular flexibility index (Phi) is 9.86. The number of fused-ring (bicyclic) bond motifs is 1. The van der Waals surface area contributed by atoms with Crippen LogP contribution in [0.2, 0.25) is 0 Å². The molecule has 0 aliphatic carbocycles. The number of aliphatic imine (C=N–C) groups is 1. The van der Waals surface area contributed by atoms with E-state index in [-0.39, 0.29) is 24.0 Å². The van der Waals surface area contributed by atoms with Gasteiger partial charge in [0.2, 0.25) is 0 Å². The lowest BCUT2D eigenvalue weighted by Crippen LogP contribution is -2.38. The van der Waals surface area contributed by atoms with E-state index in [0.717, 1.165) is 68.4 Å². The lowest BCUT2D eigenvalue weighted by molar-refractivity contribution is 0.645. The molecule has 0 spiro atoms. The predicted molar refractivity (Wildman–Crippen MR) is 134 cm³/mol. The molecule has 2 aromatic heterocycles. The van der Waals surface area contributed by atoms with Gasteiger partial charge < -0.3 is 15.2 Å². The molecular weight excluding hydrogens is 495 g/mol. The lowest BCUT2D eigenvalue weighted by Gasteiger charge is -2.11. The van der Waals surface area contributed by atoms with Crippen LogP contribution in [0.3, 0.4) is 0 Å². The first kappa shape index (κ1) is 23.6.